The molecule has 0 atom stereocenters. The van der Waals surface area contributed by atoms with Crippen LogP contribution in [-0.2, 0) is 6.54 Å². The van der Waals surface area contributed by atoms with Gasteiger partial charge < -0.3 is 14.7 Å². The predicted octanol–water partition coefficient (Wildman–Crippen LogP) is 1.89. The van der Waals surface area contributed by atoms with Crippen LogP contribution in [0.5, 0.6) is 5.88 Å². The maximum absolute atomic E-state index is 13.9. The Hall–Kier alpha value is -3.96. The van der Waals surface area contributed by atoms with Crippen molar-refractivity contribution in [3.63, 3.8) is 0 Å². The first-order valence-corrected chi connectivity index (χ1v) is 10.5. The van der Waals surface area contributed by atoms with Gasteiger partial charge in [0.2, 0.25) is 12.7 Å². The average Bonchev–Trinajstić information content (AvgIpc) is 2.81. The molecule has 1 N–H and O–H groups in total. The van der Waals surface area contributed by atoms with Crippen molar-refractivity contribution in [3.8, 4) is 28.9 Å². The molecule has 3 aromatic rings. The van der Waals surface area contributed by atoms with Crippen LogP contribution in [0.4, 0.5) is 23.4 Å². The van der Waals surface area contributed by atoms with E-state index in [1.54, 1.807) is 6.07 Å². The van der Waals surface area contributed by atoms with Crippen molar-refractivity contribution < 1.29 is 27.4 Å². The summed E-state index contributed by atoms with van der Waals surface area (Å²) in [4.78, 5) is 35.8. The van der Waals surface area contributed by atoms with E-state index in [2.05, 4.69) is 14.7 Å². The number of hydrogen-bond donors (Lipinski definition) is 1. The maximum Gasteiger partial charge on any atom is 0.339 e. The Balaban J connectivity index is 2.05. The van der Waals surface area contributed by atoms with Crippen molar-refractivity contribution in [2.75, 3.05) is 24.9 Å². The molecule has 0 saturated carbocycles. The fraction of sp³-hybridized carbons (Fsp3) is 0.286. The number of anilines is 1. The van der Waals surface area contributed by atoms with Crippen molar-refractivity contribution in [1.29, 1.82) is 5.26 Å². The van der Waals surface area contributed by atoms with Gasteiger partial charge in [0.25, 0.3) is 12.0 Å². The number of alkyl halides is 3. The standard InChI is InChI=1S/C21H15ClF4N6O4/c22-12-5-11(1-2-13(12)24)16-17(30-8-21(35,9-30)19(25)26)31(4-3-27)20(34)32(18(16)33)14-6-28-7-15(29-14)36-10-23/h1-2,5-7,19,35H,4,8-10H2. The molecule has 3 heterocycles. The summed E-state index contributed by atoms with van der Waals surface area (Å²) in [6.07, 6.45) is -1.09. The van der Waals surface area contributed by atoms with Crippen LogP contribution in [0.25, 0.3) is 16.9 Å². The molecule has 188 valence electrons. The second-order valence-corrected chi connectivity index (χ2v) is 8.13. The summed E-state index contributed by atoms with van der Waals surface area (Å²) in [7, 11) is 0. The summed E-state index contributed by atoms with van der Waals surface area (Å²) >= 11 is 5.90. The van der Waals surface area contributed by atoms with Crippen LogP contribution in [0.15, 0.2) is 40.2 Å². The quantitative estimate of drug-likeness (QED) is 0.463. The van der Waals surface area contributed by atoms with E-state index < -0.39 is 61.4 Å². The first-order chi connectivity index (χ1) is 17.1. The van der Waals surface area contributed by atoms with Crippen molar-refractivity contribution in [1.82, 2.24) is 19.1 Å². The summed E-state index contributed by atoms with van der Waals surface area (Å²) < 4.78 is 59.0. The molecular weight excluding hydrogens is 512 g/mol. The molecule has 0 radical (unpaired) electrons. The molecule has 1 saturated heterocycles. The van der Waals surface area contributed by atoms with Gasteiger partial charge in [-0.15, -0.1) is 0 Å². The summed E-state index contributed by atoms with van der Waals surface area (Å²) in [6, 6.07) is 4.95. The van der Waals surface area contributed by atoms with Crippen LogP contribution < -0.4 is 20.9 Å². The zero-order valence-electron chi connectivity index (χ0n) is 18.0. The largest absolute Gasteiger partial charge is 0.445 e. The lowest BCUT2D eigenvalue weighted by Crippen LogP contribution is -2.67. The number of ether oxygens (including phenoxy) is 1. The number of nitriles is 1. The molecule has 0 amide bonds. The molecule has 1 aromatic carbocycles. The number of aliphatic hydroxyl groups is 1. The van der Waals surface area contributed by atoms with Crippen molar-refractivity contribution in [2.45, 2.75) is 18.6 Å². The van der Waals surface area contributed by atoms with Crippen LogP contribution >= 0.6 is 11.6 Å². The van der Waals surface area contributed by atoms with Gasteiger partial charge >= 0.3 is 5.69 Å². The monoisotopic (exact) mass is 526 g/mol. The zero-order valence-corrected chi connectivity index (χ0v) is 18.8. The molecule has 0 spiro atoms. The Morgan fingerprint density at radius 3 is 2.61 bits per heavy atom. The van der Waals surface area contributed by atoms with Gasteiger partial charge in [-0.1, -0.05) is 17.7 Å². The van der Waals surface area contributed by atoms with E-state index in [0.717, 1.165) is 34.0 Å². The highest BCUT2D eigenvalue weighted by Crippen LogP contribution is 2.37. The minimum absolute atomic E-state index is 0.0153. The second kappa shape index (κ2) is 9.59. The van der Waals surface area contributed by atoms with Gasteiger partial charge in [0.1, 0.15) is 18.2 Å². The van der Waals surface area contributed by atoms with Gasteiger partial charge in [0.05, 0.1) is 42.1 Å². The molecular formula is C21H15ClF4N6O4. The SMILES string of the molecule is N#CCn1c(N2CC(O)(C(F)F)C2)c(-c2ccc(F)c(Cl)c2)c(=O)n(-c2cncc(OCF)n2)c1=O. The number of benzene rings is 1. The number of aromatic nitrogens is 4. The number of halogens is 5. The molecule has 0 unspecified atom stereocenters. The Bertz CT molecular complexity index is 1480. The topological polar surface area (TPSA) is 126 Å². The third-order valence-electron chi connectivity index (χ3n) is 5.42. The highest BCUT2D eigenvalue weighted by atomic mass is 35.5. The van der Waals surface area contributed by atoms with Crippen molar-refractivity contribution in [3.05, 3.63) is 62.3 Å². The van der Waals surface area contributed by atoms with Gasteiger partial charge in [0, 0.05) is 0 Å². The fourth-order valence-corrected chi connectivity index (χ4v) is 3.94. The number of rotatable bonds is 7. The van der Waals surface area contributed by atoms with E-state index in [9.17, 15) is 37.5 Å². The van der Waals surface area contributed by atoms with E-state index in [1.807, 2.05) is 0 Å². The summed E-state index contributed by atoms with van der Waals surface area (Å²) in [5, 5.41) is 19.1. The number of β-amino-alcohol motifs (C(OH)–C–C–N with tert-alkyl or cyclic N) is 1. The Morgan fingerprint density at radius 1 is 1.28 bits per heavy atom. The summed E-state index contributed by atoms with van der Waals surface area (Å²) in [5.74, 6) is -1.82. The van der Waals surface area contributed by atoms with Gasteiger partial charge in [-0.2, -0.15) is 10.2 Å². The lowest BCUT2D eigenvalue weighted by atomic mass is 9.93. The molecule has 1 fully saturated rings. The number of nitrogens with zero attached hydrogens (tertiary/aromatic N) is 6. The second-order valence-electron chi connectivity index (χ2n) is 7.72. The molecule has 15 heteroatoms. The number of hydrogen-bond acceptors (Lipinski definition) is 8. The Labute approximate surface area is 204 Å². The third-order valence-corrected chi connectivity index (χ3v) is 5.71. The predicted molar refractivity (Wildman–Crippen MR) is 118 cm³/mol. The van der Waals surface area contributed by atoms with Gasteiger partial charge in [-0.3, -0.25) is 14.3 Å². The van der Waals surface area contributed by atoms with E-state index in [0.29, 0.717) is 4.57 Å². The molecule has 10 nitrogen and oxygen atoms in total. The summed E-state index contributed by atoms with van der Waals surface area (Å²) in [6.45, 7) is -3.25. The van der Waals surface area contributed by atoms with Gasteiger partial charge in [-0.05, 0) is 17.7 Å². The Morgan fingerprint density at radius 2 is 2.00 bits per heavy atom. The minimum Gasteiger partial charge on any atom is -0.445 e. The molecule has 1 aliphatic rings. The first-order valence-electron chi connectivity index (χ1n) is 10.1. The van der Waals surface area contributed by atoms with Gasteiger partial charge in [-0.25, -0.2) is 26.9 Å². The van der Waals surface area contributed by atoms with Crippen molar-refractivity contribution >= 4 is 17.4 Å². The third kappa shape index (κ3) is 4.27. The van der Waals surface area contributed by atoms with E-state index in [-0.39, 0.29) is 27.8 Å². The van der Waals surface area contributed by atoms with E-state index >= 15 is 0 Å². The zero-order chi connectivity index (χ0) is 26.2. The minimum atomic E-state index is -3.12. The molecule has 1 aliphatic heterocycles. The van der Waals surface area contributed by atoms with E-state index in [1.165, 1.54) is 6.07 Å². The van der Waals surface area contributed by atoms with Crippen LogP contribution in [0.3, 0.4) is 0 Å². The first kappa shape index (κ1) is 25.1. The van der Waals surface area contributed by atoms with Crippen LogP contribution in [0.2, 0.25) is 5.02 Å². The lowest BCUT2D eigenvalue weighted by molar-refractivity contribution is -0.112. The lowest BCUT2D eigenvalue weighted by Gasteiger charge is -2.47. The Kier molecular flexibility index (Phi) is 6.70. The van der Waals surface area contributed by atoms with Crippen LogP contribution in [0.1, 0.15) is 0 Å². The molecule has 2 aromatic heterocycles. The smallest absolute Gasteiger partial charge is 0.339 e. The highest BCUT2D eigenvalue weighted by molar-refractivity contribution is 6.31. The normalized spacial score (nSPS) is 14.4. The van der Waals surface area contributed by atoms with Gasteiger partial charge in [0.15, 0.2) is 11.4 Å². The molecule has 4 rings (SSSR count). The van der Waals surface area contributed by atoms with Crippen LogP contribution in [0, 0.1) is 17.1 Å². The summed E-state index contributed by atoms with van der Waals surface area (Å²) in [5.41, 5.74) is -4.90. The molecule has 0 aliphatic carbocycles. The average molecular weight is 527 g/mol. The van der Waals surface area contributed by atoms with E-state index in [4.69, 9.17) is 11.6 Å². The molecule has 0 bridgehead atoms. The van der Waals surface area contributed by atoms with Crippen LogP contribution in [-0.4, -0.2) is 56.2 Å². The maximum atomic E-state index is 13.9. The highest BCUT2D eigenvalue weighted by Gasteiger charge is 2.50. The van der Waals surface area contributed by atoms with Crippen molar-refractivity contribution in [2.24, 2.45) is 0 Å². The fourth-order valence-electron chi connectivity index (χ4n) is 3.76. The molecule has 36 heavy (non-hydrogen) atoms.